The minimum absolute atomic E-state index is 0.0619. The van der Waals surface area contributed by atoms with Crippen LogP contribution in [0, 0.1) is 0 Å². The zero-order valence-corrected chi connectivity index (χ0v) is 15.9. The second-order valence-corrected chi connectivity index (χ2v) is 6.39. The molecule has 0 amide bonds. The molecule has 0 unspecified atom stereocenters. The third kappa shape index (κ3) is 3.52. The summed E-state index contributed by atoms with van der Waals surface area (Å²) in [4.78, 5) is 24.7. The van der Waals surface area contributed by atoms with Crippen LogP contribution >= 0.6 is 0 Å². The Balaban J connectivity index is 1.66. The summed E-state index contributed by atoms with van der Waals surface area (Å²) < 4.78 is 21.3. The van der Waals surface area contributed by atoms with E-state index in [1.165, 1.54) is 13.2 Å². The van der Waals surface area contributed by atoms with Crippen molar-refractivity contribution >= 4 is 27.7 Å². The highest BCUT2D eigenvalue weighted by atomic mass is 16.5. The van der Waals surface area contributed by atoms with E-state index in [0.29, 0.717) is 33.6 Å². The smallest absolute Gasteiger partial charge is 0.339 e. The maximum Gasteiger partial charge on any atom is 0.339 e. The number of carbonyl (C=O) groups is 1. The maximum absolute atomic E-state index is 12.8. The highest BCUT2D eigenvalue weighted by Crippen LogP contribution is 2.29. The van der Waals surface area contributed by atoms with Crippen LogP contribution in [0.1, 0.15) is 15.9 Å². The Hall–Kier alpha value is -3.80. The lowest BCUT2D eigenvalue weighted by molar-refractivity contribution is 0.0476. The molecular weight excluding hydrogens is 372 g/mol. The second-order valence-electron chi connectivity index (χ2n) is 6.39. The van der Waals surface area contributed by atoms with Gasteiger partial charge >= 0.3 is 11.6 Å². The Morgan fingerprint density at radius 2 is 1.69 bits per heavy atom. The molecule has 3 aromatic carbocycles. The highest BCUT2D eigenvalue weighted by Gasteiger charge is 2.15. The third-order valence-electron chi connectivity index (χ3n) is 4.72. The summed E-state index contributed by atoms with van der Waals surface area (Å²) in [5.74, 6) is 0.760. The van der Waals surface area contributed by atoms with E-state index in [9.17, 15) is 9.59 Å². The van der Waals surface area contributed by atoms with E-state index in [2.05, 4.69) is 0 Å². The van der Waals surface area contributed by atoms with Crippen LogP contribution in [0.2, 0.25) is 0 Å². The van der Waals surface area contributed by atoms with Crippen molar-refractivity contribution < 1.29 is 23.4 Å². The quantitative estimate of drug-likeness (QED) is 0.373. The Labute approximate surface area is 166 Å². The molecular formula is C23H18O6. The molecule has 0 bridgehead atoms. The molecule has 6 heteroatoms. The van der Waals surface area contributed by atoms with Gasteiger partial charge in [-0.3, -0.25) is 0 Å². The predicted molar refractivity (Wildman–Crippen MR) is 109 cm³/mol. The molecule has 6 nitrogen and oxygen atoms in total. The molecule has 0 atom stereocenters. The van der Waals surface area contributed by atoms with E-state index in [1.807, 2.05) is 24.3 Å². The summed E-state index contributed by atoms with van der Waals surface area (Å²) in [6.45, 7) is -0.0619. The molecule has 0 aliphatic rings. The lowest BCUT2D eigenvalue weighted by Crippen LogP contribution is -2.08. The van der Waals surface area contributed by atoms with Crippen LogP contribution in [0.5, 0.6) is 11.5 Å². The molecule has 146 valence electrons. The minimum atomic E-state index is -0.522. The van der Waals surface area contributed by atoms with E-state index in [-0.39, 0.29) is 6.61 Å². The first kappa shape index (κ1) is 18.6. The van der Waals surface area contributed by atoms with Crippen LogP contribution in [0.3, 0.4) is 0 Å². The lowest BCUT2D eigenvalue weighted by Gasteiger charge is -2.11. The van der Waals surface area contributed by atoms with Crippen molar-refractivity contribution in [2.75, 3.05) is 14.2 Å². The summed E-state index contributed by atoms with van der Waals surface area (Å²) in [5.41, 5.74) is 0.838. The van der Waals surface area contributed by atoms with Crippen LogP contribution in [-0.4, -0.2) is 20.2 Å². The number of methoxy groups -OCH3 is 2. The largest absolute Gasteiger partial charge is 0.497 e. The first-order valence-corrected chi connectivity index (χ1v) is 8.94. The first-order valence-electron chi connectivity index (χ1n) is 8.94. The number of fused-ring (bicyclic) bond motifs is 2. The van der Waals surface area contributed by atoms with E-state index in [4.69, 9.17) is 18.6 Å². The molecule has 0 radical (unpaired) electrons. The molecule has 0 aliphatic heterocycles. The number of ether oxygens (including phenoxy) is 3. The summed E-state index contributed by atoms with van der Waals surface area (Å²) in [7, 11) is 3.12. The van der Waals surface area contributed by atoms with Crippen LogP contribution in [-0.2, 0) is 11.3 Å². The molecule has 4 aromatic rings. The van der Waals surface area contributed by atoms with Gasteiger partial charge in [0.25, 0.3) is 0 Å². The molecule has 1 aromatic heterocycles. The SMILES string of the molecule is COc1ccc2c(COC(=O)c3ccc(OC)c4ccccc34)cc(=O)oc2c1. The molecule has 0 saturated heterocycles. The van der Waals surface area contributed by atoms with Gasteiger partial charge in [-0.05, 0) is 29.7 Å². The number of carbonyl (C=O) groups excluding carboxylic acids is 1. The second kappa shape index (κ2) is 7.67. The van der Waals surface area contributed by atoms with Gasteiger partial charge in [0, 0.05) is 28.5 Å². The average Bonchev–Trinajstić information content (AvgIpc) is 2.75. The topological polar surface area (TPSA) is 75.0 Å². The number of rotatable bonds is 5. The molecule has 0 N–H and O–H groups in total. The monoisotopic (exact) mass is 390 g/mol. The summed E-state index contributed by atoms with van der Waals surface area (Å²) in [5, 5.41) is 2.24. The normalized spacial score (nSPS) is 10.8. The number of hydrogen-bond acceptors (Lipinski definition) is 6. The van der Waals surface area contributed by atoms with E-state index >= 15 is 0 Å². The molecule has 0 saturated carbocycles. The molecule has 0 fully saturated rings. The molecule has 29 heavy (non-hydrogen) atoms. The van der Waals surface area contributed by atoms with Crippen molar-refractivity contribution in [3.8, 4) is 11.5 Å². The summed E-state index contributed by atoms with van der Waals surface area (Å²) in [6, 6.07) is 17.3. The van der Waals surface area contributed by atoms with E-state index in [1.54, 1.807) is 37.4 Å². The van der Waals surface area contributed by atoms with Gasteiger partial charge in [-0.15, -0.1) is 0 Å². The molecule has 4 rings (SSSR count). The average molecular weight is 390 g/mol. The Morgan fingerprint density at radius 3 is 2.45 bits per heavy atom. The Kier molecular flexibility index (Phi) is 4.91. The van der Waals surface area contributed by atoms with Gasteiger partial charge in [0.2, 0.25) is 0 Å². The standard InChI is InChI=1S/C23H18O6/c1-26-15-7-8-16-14(11-22(24)29-21(16)12-15)13-28-23(25)19-9-10-20(27-2)18-6-4-3-5-17(18)19/h3-12H,13H2,1-2H3. The fourth-order valence-electron chi connectivity index (χ4n) is 3.31. The predicted octanol–water partition coefficient (Wildman–Crippen LogP) is 4.32. The van der Waals surface area contributed by atoms with Gasteiger partial charge in [0.1, 0.15) is 23.7 Å². The summed E-state index contributed by atoms with van der Waals surface area (Å²) in [6.07, 6.45) is 0. The van der Waals surface area contributed by atoms with Crippen LogP contribution in [0.25, 0.3) is 21.7 Å². The van der Waals surface area contributed by atoms with Gasteiger partial charge in [0.05, 0.1) is 19.8 Å². The van der Waals surface area contributed by atoms with Crippen molar-refractivity contribution in [2.24, 2.45) is 0 Å². The van der Waals surface area contributed by atoms with Crippen molar-refractivity contribution in [2.45, 2.75) is 6.61 Å². The van der Waals surface area contributed by atoms with Crippen LogP contribution in [0.15, 0.2) is 69.9 Å². The Bertz CT molecular complexity index is 1270. The van der Waals surface area contributed by atoms with Crippen molar-refractivity contribution in [1.29, 1.82) is 0 Å². The maximum atomic E-state index is 12.8. The van der Waals surface area contributed by atoms with Gasteiger partial charge in [-0.25, -0.2) is 9.59 Å². The molecule has 1 heterocycles. The van der Waals surface area contributed by atoms with Gasteiger partial charge in [-0.2, -0.15) is 0 Å². The van der Waals surface area contributed by atoms with Crippen LogP contribution in [0.4, 0.5) is 0 Å². The lowest BCUT2D eigenvalue weighted by atomic mass is 10.0. The fraction of sp³-hybridized carbons (Fsp3) is 0.130. The first-order chi connectivity index (χ1) is 14.1. The minimum Gasteiger partial charge on any atom is -0.497 e. The van der Waals surface area contributed by atoms with Crippen molar-refractivity contribution in [1.82, 2.24) is 0 Å². The van der Waals surface area contributed by atoms with E-state index in [0.717, 1.165) is 10.8 Å². The third-order valence-corrected chi connectivity index (χ3v) is 4.72. The number of hydrogen-bond donors (Lipinski definition) is 0. The zero-order chi connectivity index (χ0) is 20.4. The van der Waals surface area contributed by atoms with Gasteiger partial charge < -0.3 is 18.6 Å². The van der Waals surface area contributed by atoms with Crippen LogP contribution < -0.4 is 15.1 Å². The number of benzene rings is 3. The highest BCUT2D eigenvalue weighted by molar-refractivity contribution is 6.06. The molecule has 0 aliphatic carbocycles. The zero-order valence-electron chi connectivity index (χ0n) is 15.9. The fourth-order valence-corrected chi connectivity index (χ4v) is 3.31. The Morgan fingerprint density at radius 1 is 0.897 bits per heavy atom. The van der Waals surface area contributed by atoms with E-state index < -0.39 is 11.6 Å². The van der Waals surface area contributed by atoms with Crippen molar-refractivity contribution in [3.05, 3.63) is 82.2 Å². The van der Waals surface area contributed by atoms with Gasteiger partial charge in [-0.1, -0.05) is 24.3 Å². The van der Waals surface area contributed by atoms with Gasteiger partial charge in [0.15, 0.2) is 0 Å². The summed E-state index contributed by atoms with van der Waals surface area (Å²) >= 11 is 0. The number of esters is 1. The van der Waals surface area contributed by atoms with Crippen molar-refractivity contribution in [3.63, 3.8) is 0 Å². The molecule has 0 spiro atoms.